The van der Waals surface area contributed by atoms with Gasteiger partial charge in [0.2, 0.25) is 5.91 Å². The van der Waals surface area contributed by atoms with Crippen LogP contribution in [0.15, 0.2) is 66.7 Å². The lowest BCUT2D eigenvalue weighted by atomic mass is 9.81. The first-order chi connectivity index (χ1) is 17.6. The largest absolute Gasteiger partial charge is 0.324 e. The van der Waals surface area contributed by atoms with E-state index in [1.165, 1.54) is 12.8 Å². The van der Waals surface area contributed by atoms with Gasteiger partial charge in [-0.2, -0.15) is 0 Å². The van der Waals surface area contributed by atoms with Gasteiger partial charge in [0, 0.05) is 15.3 Å². The fourth-order valence-corrected chi connectivity index (χ4v) is 6.77. The highest BCUT2D eigenvalue weighted by Gasteiger charge is 2.41. The summed E-state index contributed by atoms with van der Waals surface area (Å²) in [5, 5.41) is 5.49. The third kappa shape index (κ3) is 5.61. The Kier molecular flexibility index (Phi) is 8.25. The van der Waals surface area contributed by atoms with E-state index >= 15 is 0 Å². The lowest BCUT2D eigenvalue weighted by Gasteiger charge is -2.43. The molecule has 5 rings (SSSR count). The molecule has 1 unspecified atom stereocenters. The Morgan fingerprint density at radius 2 is 1.42 bits per heavy atom. The molecule has 0 spiro atoms. The standard InChI is InChI=1S/C31H35IN2O2/c32-28-18-10-9-17-27(28)31(36)34(26-15-5-2-6-16-26)29(23-12-3-1-4-13-23)30(35)33-25-20-19-22-11-7-8-14-24(22)21-25/h7-11,14,17-21,23,26,29H,1-6,12-13,15-16H2,(H,33,35). The summed E-state index contributed by atoms with van der Waals surface area (Å²) in [4.78, 5) is 30.4. The van der Waals surface area contributed by atoms with Crippen LogP contribution in [-0.4, -0.2) is 28.8 Å². The average molecular weight is 595 g/mol. The summed E-state index contributed by atoms with van der Waals surface area (Å²) >= 11 is 2.25. The van der Waals surface area contributed by atoms with Crippen molar-refractivity contribution in [1.29, 1.82) is 0 Å². The van der Waals surface area contributed by atoms with E-state index in [0.717, 1.165) is 71.4 Å². The Bertz CT molecular complexity index is 1210. The van der Waals surface area contributed by atoms with Gasteiger partial charge in [0.1, 0.15) is 6.04 Å². The van der Waals surface area contributed by atoms with Crippen LogP contribution in [0.3, 0.4) is 0 Å². The van der Waals surface area contributed by atoms with Gasteiger partial charge < -0.3 is 10.2 Å². The van der Waals surface area contributed by atoms with E-state index < -0.39 is 6.04 Å². The fourth-order valence-electron chi connectivity index (χ4n) is 6.15. The first kappa shape index (κ1) is 25.2. The molecule has 2 fully saturated rings. The van der Waals surface area contributed by atoms with Crippen molar-refractivity contribution >= 4 is 50.9 Å². The van der Waals surface area contributed by atoms with Gasteiger partial charge in [0.05, 0.1) is 5.56 Å². The second-order valence-corrected chi connectivity index (χ2v) is 11.5. The smallest absolute Gasteiger partial charge is 0.255 e. The van der Waals surface area contributed by atoms with Crippen LogP contribution in [0.2, 0.25) is 0 Å². The van der Waals surface area contributed by atoms with Gasteiger partial charge in [-0.15, -0.1) is 0 Å². The highest BCUT2D eigenvalue weighted by molar-refractivity contribution is 14.1. The molecule has 0 bridgehead atoms. The maximum atomic E-state index is 14.2. The summed E-state index contributed by atoms with van der Waals surface area (Å²) in [5.74, 6) is 0.157. The van der Waals surface area contributed by atoms with E-state index in [9.17, 15) is 9.59 Å². The second-order valence-electron chi connectivity index (χ2n) is 10.4. The van der Waals surface area contributed by atoms with Gasteiger partial charge in [0.15, 0.2) is 0 Å². The molecule has 3 aromatic carbocycles. The van der Waals surface area contributed by atoms with Crippen molar-refractivity contribution in [2.45, 2.75) is 76.3 Å². The highest BCUT2D eigenvalue weighted by Crippen LogP contribution is 2.35. The molecule has 2 aliphatic carbocycles. The molecule has 1 N–H and O–H groups in total. The minimum atomic E-state index is -0.455. The summed E-state index contributed by atoms with van der Waals surface area (Å²) in [5.41, 5.74) is 1.51. The molecule has 0 heterocycles. The monoisotopic (exact) mass is 594 g/mol. The van der Waals surface area contributed by atoms with Crippen molar-refractivity contribution in [3.05, 3.63) is 75.9 Å². The second kappa shape index (κ2) is 11.8. The van der Waals surface area contributed by atoms with Crippen molar-refractivity contribution in [3.8, 4) is 0 Å². The van der Waals surface area contributed by atoms with E-state index in [2.05, 4.69) is 46.1 Å². The van der Waals surface area contributed by atoms with Crippen LogP contribution in [0.1, 0.15) is 74.6 Å². The van der Waals surface area contributed by atoms with Crippen LogP contribution in [-0.2, 0) is 4.79 Å². The fraction of sp³-hybridized carbons (Fsp3) is 0.419. The van der Waals surface area contributed by atoms with Crippen LogP contribution >= 0.6 is 22.6 Å². The van der Waals surface area contributed by atoms with Crippen molar-refractivity contribution in [2.24, 2.45) is 5.92 Å². The number of rotatable bonds is 6. The van der Waals surface area contributed by atoms with Crippen LogP contribution in [0.5, 0.6) is 0 Å². The molecule has 2 saturated carbocycles. The third-order valence-electron chi connectivity index (χ3n) is 7.99. The molecule has 0 radical (unpaired) electrons. The van der Waals surface area contributed by atoms with Gasteiger partial charge >= 0.3 is 0 Å². The Labute approximate surface area is 228 Å². The molecule has 4 nitrogen and oxygen atoms in total. The number of nitrogens with zero attached hydrogens (tertiary/aromatic N) is 1. The van der Waals surface area contributed by atoms with Gasteiger partial charge in [-0.3, -0.25) is 9.59 Å². The van der Waals surface area contributed by atoms with Crippen LogP contribution in [0, 0.1) is 9.49 Å². The molecule has 1 atom stereocenters. The SMILES string of the molecule is O=C(Nc1ccc2ccccc2c1)C(C1CCCCC1)N(C(=O)c1ccccc1I)C1CCCCC1. The number of fused-ring (bicyclic) bond motifs is 1. The lowest BCUT2D eigenvalue weighted by molar-refractivity contribution is -0.124. The predicted octanol–water partition coefficient (Wildman–Crippen LogP) is 7.81. The first-order valence-corrected chi connectivity index (χ1v) is 14.6. The lowest BCUT2D eigenvalue weighted by Crippen LogP contribution is -2.56. The number of benzene rings is 3. The molecule has 188 valence electrons. The zero-order valence-electron chi connectivity index (χ0n) is 20.8. The number of nitrogens with one attached hydrogen (secondary N) is 1. The Morgan fingerprint density at radius 1 is 0.778 bits per heavy atom. The van der Waals surface area contributed by atoms with E-state index in [-0.39, 0.29) is 23.8 Å². The summed E-state index contributed by atoms with van der Waals surface area (Å²) in [6.07, 6.45) is 10.8. The van der Waals surface area contributed by atoms with Crippen molar-refractivity contribution in [2.75, 3.05) is 5.32 Å². The Balaban J connectivity index is 1.51. The molecule has 0 aromatic heterocycles. The number of hydrogen-bond donors (Lipinski definition) is 1. The number of anilines is 1. The minimum absolute atomic E-state index is 0.0103. The van der Waals surface area contributed by atoms with Gasteiger partial charge in [-0.1, -0.05) is 81.0 Å². The summed E-state index contributed by atoms with van der Waals surface area (Å²) in [6, 6.07) is 21.7. The molecule has 2 amide bonds. The van der Waals surface area contributed by atoms with Gasteiger partial charge in [-0.05, 0) is 89.2 Å². The number of halogens is 1. The van der Waals surface area contributed by atoms with Crippen molar-refractivity contribution in [1.82, 2.24) is 4.90 Å². The van der Waals surface area contributed by atoms with E-state index in [1.807, 2.05) is 53.4 Å². The molecule has 0 saturated heterocycles. The minimum Gasteiger partial charge on any atom is -0.324 e. The number of amides is 2. The summed E-state index contributed by atoms with van der Waals surface area (Å²) in [6.45, 7) is 0. The first-order valence-electron chi connectivity index (χ1n) is 13.5. The molecular weight excluding hydrogens is 559 g/mol. The predicted molar refractivity (Wildman–Crippen MR) is 155 cm³/mol. The summed E-state index contributed by atoms with van der Waals surface area (Å²) < 4.78 is 0.943. The maximum Gasteiger partial charge on any atom is 0.255 e. The zero-order valence-corrected chi connectivity index (χ0v) is 23.0. The van der Waals surface area contributed by atoms with E-state index in [1.54, 1.807) is 0 Å². The van der Waals surface area contributed by atoms with Gasteiger partial charge in [-0.25, -0.2) is 0 Å². The van der Waals surface area contributed by atoms with Gasteiger partial charge in [0.25, 0.3) is 5.91 Å². The maximum absolute atomic E-state index is 14.2. The van der Waals surface area contributed by atoms with E-state index in [4.69, 9.17) is 0 Å². The van der Waals surface area contributed by atoms with Crippen molar-refractivity contribution in [3.63, 3.8) is 0 Å². The molecule has 0 aliphatic heterocycles. The zero-order chi connectivity index (χ0) is 24.9. The Hall–Kier alpha value is -2.41. The average Bonchev–Trinajstić information content (AvgIpc) is 2.92. The topological polar surface area (TPSA) is 49.4 Å². The number of carbonyl (C=O) groups excluding carboxylic acids is 2. The number of hydrogen-bond acceptors (Lipinski definition) is 2. The molecule has 3 aromatic rings. The molecule has 2 aliphatic rings. The van der Waals surface area contributed by atoms with Crippen molar-refractivity contribution < 1.29 is 9.59 Å². The van der Waals surface area contributed by atoms with E-state index in [0.29, 0.717) is 5.56 Å². The molecule has 5 heteroatoms. The normalized spacial score (nSPS) is 18.0. The molecule has 36 heavy (non-hydrogen) atoms. The quantitative estimate of drug-likeness (QED) is 0.296. The summed E-state index contributed by atoms with van der Waals surface area (Å²) in [7, 11) is 0. The highest BCUT2D eigenvalue weighted by atomic mass is 127. The Morgan fingerprint density at radius 3 is 2.14 bits per heavy atom. The van der Waals surface area contributed by atoms with Crippen LogP contribution in [0.25, 0.3) is 10.8 Å². The van der Waals surface area contributed by atoms with Crippen LogP contribution < -0.4 is 5.32 Å². The third-order valence-corrected chi connectivity index (χ3v) is 8.93. The number of carbonyl (C=O) groups is 2. The molecular formula is C31H35IN2O2. The van der Waals surface area contributed by atoms with Crippen LogP contribution in [0.4, 0.5) is 5.69 Å².